The van der Waals surface area contributed by atoms with Gasteiger partial charge in [0.15, 0.2) is 5.82 Å². The molecule has 1 N–H and O–H groups in total. The number of hydrogen-bond donors (Lipinski definition) is 1. The molecule has 0 radical (unpaired) electrons. The molecule has 124 valence electrons. The number of benzene rings is 1. The van der Waals surface area contributed by atoms with Gasteiger partial charge in [0.1, 0.15) is 5.82 Å². The van der Waals surface area contributed by atoms with E-state index >= 15 is 0 Å². The smallest absolute Gasteiger partial charge is 0.162 e. The Morgan fingerprint density at radius 1 is 1.08 bits per heavy atom. The van der Waals surface area contributed by atoms with Crippen molar-refractivity contribution in [1.29, 1.82) is 0 Å². The van der Waals surface area contributed by atoms with Crippen LogP contribution < -0.4 is 5.32 Å². The lowest BCUT2D eigenvalue weighted by molar-refractivity contribution is 0.140. The number of nitrogens with one attached hydrogen (secondary N) is 1. The number of aromatic nitrogens is 3. The summed E-state index contributed by atoms with van der Waals surface area (Å²) in [5.41, 5.74) is 1.82. The number of anilines is 1. The van der Waals surface area contributed by atoms with E-state index < -0.39 is 0 Å². The number of hydrogen-bond acceptors (Lipinski definition) is 5. The van der Waals surface area contributed by atoms with Crippen molar-refractivity contribution in [3.8, 4) is 11.4 Å². The minimum Gasteiger partial charge on any atom is -0.372 e. The fraction of sp³-hybridized carbons (Fsp3) is 0.250. The summed E-state index contributed by atoms with van der Waals surface area (Å²) in [7, 11) is 0. The van der Waals surface area contributed by atoms with E-state index in [2.05, 4.69) is 28.5 Å². The van der Waals surface area contributed by atoms with Crippen molar-refractivity contribution in [3.63, 3.8) is 0 Å². The van der Waals surface area contributed by atoms with Crippen molar-refractivity contribution in [2.45, 2.75) is 24.5 Å². The van der Waals surface area contributed by atoms with Gasteiger partial charge in [-0.05, 0) is 30.7 Å². The highest BCUT2D eigenvalue weighted by Crippen LogP contribution is 2.37. The fourth-order valence-corrected chi connectivity index (χ4v) is 3.67. The summed E-state index contributed by atoms with van der Waals surface area (Å²) in [6.07, 6.45) is 10.0. The molecule has 25 heavy (non-hydrogen) atoms. The van der Waals surface area contributed by atoms with Gasteiger partial charge in [-0.25, -0.2) is 9.97 Å². The first-order chi connectivity index (χ1) is 12.3. The normalized spacial score (nSPS) is 24.6. The van der Waals surface area contributed by atoms with Crippen LogP contribution in [0.4, 0.5) is 5.82 Å². The molecule has 2 aliphatic rings. The van der Waals surface area contributed by atoms with Crippen LogP contribution in [-0.2, 0) is 4.74 Å². The van der Waals surface area contributed by atoms with E-state index in [9.17, 15) is 0 Å². The molecule has 1 aromatic carbocycles. The summed E-state index contributed by atoms with van der Waals surface area (Å²) >= 11 is 0. The molecule has 0 spiro atoms. The van der Waals surface area contributed by atoms with Gasteiger partial charge in [0.25, 0.3) is 0 Å². The highest BCUT2D eigenvalue weighted by molar-refractivity contribution is 5.90. The van der Waals surface area contributed by atoms with Crippen molar-refractivity contribution in [3.05, 3.63) is 60.9 Å². The van der Waals surface area contributed by atoms with Crippen LogP contribution in [0.3, 0.4) is 0 Å². The third-order valence-electron chi connectivity index (χ3n) is 4.95. The zero-order valence-electron chi connectivity index (χ0n) is 13.7. The number of para-hydroxylation sites is 1. The van der Waals surface area contributed by atoms with Crippen LogP contribution in [0.15, 0.2) is 60.9 Å². The summed E-state index contributed by atoms with van der Waals surface area (Å²) in [4.78, 5) is 13.7. The number of ether oxygens (including phenoxy) is 1. The fourth-order valence-electron chi connectivity index (χ4n) is 3.67. The predicted octanol–water partition coefficient (Wildman–Crippen LogP) is 3.59. The van der Waals surface area contributed by atoms with E-state index in [1.807, 2.05) is 30.3 Å². The van der Waals surface area contributed by atoms with E-state index in [0.29, 0.717) is 12.4 Å². The zero-order chi connectivity index (χ0) is 16.7. The molecule has 5 nitrogen and oxygen atoms in total. The molecule has 3 aromatic rings. The number of fused-ring (bicyclic) bond motifs is 3. The van der Waals surface area contributed by atoms with Gasteiger partial charge in [-0.3, -0.25) is 4.98 Å². The van der Waals surface area contributed by atoms with Crippen molar-refractivity contribution < 1.29 is 4.74 Å². The standard InChI is InChI=1S/C20H18N4O/c1-2-6-17-16(5-1)19(23-18(22-17)14-7-10-21-11-8-14)24-20-9-3-4-15(12-20)25-13-20/h1-8,10-11,15H,9,12-13H2,(H,22,23,24). The Labute approximate surface area is 145 Å². The molecule has 2 atom stereocenters. The monoisotopic (exact) mass is 330 g/mol. The Bertz CT molecular complexity index is 956. The molecule has 2 unspecified atom stereocenters. The van der Waals surface area contributed by atoms with Crippen LogP contribution in [0, 0.1) is 0 Å². The molecule has 0 saturated carbocycles. The Balaban J connectivity index is 1.62. The van der Waals surface area contributed by atoms with Gasteiger partial charge >= 0.3 is 0 Å². The van der Waals surface area contributed by atoms with E-state index in [0.717, 1.165) is 35.1 Å². The lowest BCUT2D eigenvalue weighted by atomic mass is 9.87. The number of nitrogens with zero attached hydrogens (tertiary/aromatic N) is 3. The third-order valence-corrected chi connectivity index (χ3v) is 4.95. The van der Waals surface area contributed by atoms with Gasteiger partial charge in [0.05, 0.1) is 23.8 Å². The first-order valence-corrected chi connectivity index (χ1v) is 8.55. The number of pyridine rings is 1. The van der Waals surface area contributed by atoms with Crippen molar-refractivity contribution in [2.75, 3.05) is 11.9 Å². The van der Waals surface area contributed by atoms with E-state index in [4.69, 9.17) is 14.7 Å². The second-order valence-corrected chi connectivity index (χ2v) is 6.74. The van der Waals surface area contributed by atoms with E-state index in [1.54, 1.807) is 12.4 Å². The molecule has 0 amide bonds. The summed E-state index contributed by atoms with van der Waals surface area (Å²) in [6, 6.07) is 12.0. The molecule has 2 bridgehead atoms. The van der Waals surface area contributed by atoms with Crippen LogP contribution in [-0.4, -0.2) is 33.2 Å². The molecule has 5 rings (SSSR count). The average molecular weight is 330 g/mol. The summed E-state index contributed by atoms with van der Waals surface area (Å²) in [6.45, 7) is 0.702. The molecule has 1 aliphatic heterocycles. The zero-order valence-corrected chi connectivity index (χ0v) is 13.7. The average Bonchev–Trinajstić information content (AvgIpc) is 2.96. The molecule has 3 heterocycles. The van der Waals surface area contributed by atoms with Gasteiger partial charge in [-0.2, -0.15) is 0 Å². The Morgan fingerprint density at radius 3 is 2.88 bits per heavy atom. The van der Waals surface area contributed by atoms with Crippen molar-refractivity contribution >= 4 is 16.7 Å². The molecular weight excluding hydrogens is 312 g/mol. The summed E-state index contributed by atoms with van der Waals surface area (Å²) < 4.78 is 5.88. The molecule has 2 aromatic heterocycles. The quantitative estimate of drug-likeness (QED) is 0.744. The van der Waals surface area contributed by atoms with Crippen molar-refractivity contribution in [1.82, 2.24) is 15.0 Å². The number of rotatable bonds is 3. The van der Waals surface area contributed by atoms with Crippen LogP contribution in [0.5, 0.6) is 0 Å². The van der Waals surface area contributed by atoms with E-state index in [1.165, 1.54) is 0 Å². The highest BCUT2D eigenvalue weighted by Gasteiger charge is 2.41. The summed E-state index contributed by atoms with van der Waals surface area (Å²) in [5.74, 6) is 1.58. The second kappa shape index (κ2) is 5.63. The lowest BCUT2D eigenvalue weighted by Gasteiger charge is -2.30. The molecule has 5 heteroatoms. The molecule has 1 saturated heterocycles. The second-order valence-electron chi connectivity index (χ2n) is 6.74. The maximum atomic E-state index is 5.88. The van der Waals surface area contributed by atoms with Crippen molar-refractivity contribution in [2.24, 2.45) is 0 Å². The van der Waals surface area contributed by atoms with Gasteiger partial charge in [-0.1, -0.05) is 24.3 Å². The highest BCUT2D eigenvalue weighted by atomic mass is 16.5. The topological polar surface area (TPSA) is 59.9 Å². The minimum atomic E-state index is -0.0773. The molecule has 1 fully saturated rings. The Hall–Kier alpha value is -2.79. The lowest BCUT2D eigenvalue weighted by Crippen LogP contribution is -2.40. The van der Waals surface area contributed by atoms with Crippen LogP contribution in [0.25, 0.3) is 22.3 Å². The van der Waals surface area contributed by atoms with Gasteiger partial charge in [0, 0.05) is 29.8 Å². The largest absolute Gasteiger partial charge is 0.372 e. The van der Waals surface area contributed by atoms with E-state index in [-0.39, 0.29) is 11.6 Å². The molecular formula is C20H18N4O. The molecule has 1 aliphatic carbocycles. The Kier molecular flexibility index (Phi) is 3.28. The first kappa shape index (κ1) is 14.5. The Morgan fingerprint density at radius 2 is 1.96 bits per heavy atom. The van der Waals surface area contributed by atoms with Gasteiger partial charge in [0.2, 0.25) is 0 Å². The van der Waals surface area contributed by atoms with Gasteiger partial charge in [-0.15, -0.1) is 0 Å². The van der Waals surface area contributed by atoms with Crippen LogP contribution in [0.2, 0.25) is 0 Å². The SMILES string of the molecule is C1=CC2CC(Nc3nc(-c4ccncc4)nc4ccccc34)(C1)CO2. The maximum Gasteiger partial charge on any atom is 0.162 e. The minimum absolute atomic E-state index is 0.0773. The van der Waals surface area contributed by atoms with Gasteiger partial charge < -0.3 is 10.1 Å². The first-order valence-electron chi connectivity index (χ1n) is 8.55. The van der Waals surface area contributed by atoms with Crippen LogP contribution in [0.1, 0.15) is 12.8 Å². The van der Waals surface area contributed by atoms with Crippen LogP contribution >= 0.6 is 0 Å². The predicted molar refractivity (Wildman–Crippen MR) is 97.2 cm³/mol. The maximum absolute atomic E-state index is 5.88. The summed E-state index contributed by atoms with van der Waals surface area (Å²) in [5, 5.41) is 4.73. The third kappa shape index (κ3) is 2.57.